The smallest absolute Gasteiger partial charge is 0.258 e. The van der Waals surface area contributed by atoms with E-state index in [0.29, 0.717) is 37.3 Å². The topological polar surface area (TPSA) is 74.8 Å². The van der Waals surface area contributed by atoms with Crippen molar-refractivity contribution in [2.75, 3.05) is 45.7 Å². The number of carbonyl (C=O) groups excluding carboxylic acids is 2. The maximum Gasteiger partial charge on any atom is 0.258 e. The van der Waals surface area contributed by atoms with Gasteiger partial charge in [-0.1, -0.05) is 0 Å². The molecule has 3 rings (SSSR count). The molecular formula is C18H22N4O3S. The van der Waals surface area contributed by atoms with Gasteiger partial charge in [0, 0.05) is 38.8 Å². The van der Waals surface area contributed by atoms with Crippen molar-refractivity contribution in [2.45, 2.75) is 6.92 Å². The number of rotatable bonds is 4. The van der Waals surface area contributed by atoms with Crippen molar-refractivity contribution in [1.82, 2.24) is 14.2 Å². The van der Waals surface area contributed by atoms with Gasteiger partial charge in [0.15, 0.2) is 0 Å². The second-order valence-corrected chi connectivity index (χ2v) is 6.81. The van der Waals surface area contributed by atoms with Gasteiger partial charge in [0.1, 0.15) is 10.8 Å². The number of hydrogen-bond acceptors (Lipinski definition) is 6. The molecule has 0 bridgehead atoms. The van der Waals surface area contributed by atoms with Gasteiger partial charge in [-0.05, 0) is 42.7 Å². The standard InChI is InChI=1S/C18H22N4O3S/c1-12-15(16(19-2)26-20-12)18(24)22-10-8-21(9-11-22)17(23)13-4-6-14(25-3)7-5-13/h4-7,19H,8-11H2,1-3H3. The average molecular weight is 374 g/mol. The van der Waals surface area contributed by atoms with Crippen LogP contribution in [-0.2, 0) is 0 Å². The lowest BCUT2D eigenvalue weighted by Gasteiger charge is -2.35. The number of benzene rings is 1. The summed E-state index contributed by atoms with van der Waals surface area (Å²) in [5.74, 6) is 0.665. The summed E-state index contributed by atoms with van der Waals surface area (Å²) >= 11 is 1.29. The van der Waals surface area contributed by atoms with Crippen LogP contribution in [0.1, 0.15) is 26.4 Å². The van der Waals surface area contributed by atoms with Crippen molar-refractivity contribution in [2.24, 2.45) is 0 Å². The normalized spacial score (nSPS) is 14.3. The van der Waals surface area contributed by atoms with Gasteiger partial charge in [0.25, 0.3) is 11.8 Å². The maximum absolute atomic E-state index is 12.8. The van der Waals surface area contributed by atoms with E-state index >= 15 is 0 Å². The summed E-state index contributed by atoms with van der Waals surface area (Å²) in [4.78, 5) is 29.0. The third-order valence-corrected chi connectivity index (χ3v) is 5.45. The van der Waals surface area contributed by atoms with Crippen LogP contribution in [0.25, 0.3) is 0 Å². The molecule has 1 aliphatic rings. The van der Waals surface area contributed by atoms with Crippen LogP contribution in [-0.4, -0.2) is 66.3 Å². The quantitative estimate of drug-likeness (QED) is 0.887. The molecule has 7 nitrogen and oxygen atoms in total. The van der Waals surface area contributed by atoms with Gasteiger partial charge in [-0.2, -0.15) is 4.37 Å². The van der Waals surface area contributed by atoms with E-state index in [1.54, 1.807) is 48.2 Å². The molecule has 1 N–H and O–H groups in total. The van der Waals surface area contributed by atoms with E-state index in [1.165, 1.54) is 11.5 Å². The van der Waals surface area contributed by atoms with Crippen LogP contribution in [0.5, 0.6) is 5.75 Å². The van der Waals surface area contributed by atoms with Gasteiger partial charge >= 0.3 is 0 Å². The van der Waals surface area contributed by atoms with Crippen molar-refractivity contribution in [3.8, 4) is 5.75 Å². The molecule has 2 amide bonds. The second kappa shape index (κ2) is 7.74. The number of piperazine rings is 1. The Bertz CT molecular complexity index is 795. The SMILES string of the molecule is CNc1snc(C)c1C(=O)N1CCN(C(=O)c2ccc(OC)cc2)CC1. The van der Waals surface area contributed by atoms with Gasteiger partial charge in [0.2, 0.25) is 0 Å². The summed E-state index contributed by atoms with van der Waals surface area (Å²) in [6.45, 7) is 3.90. The van der Waals surface area contributed by atoms with E-state index in [1.807, 2.05) is 6.92 Å². The largest absolute Gasteiger partial charge is 0.497 e. The van der Waals surface area contributed by atoms with E-state index in [-0.39, 0.29) is 11.8 Å². The van der Waals surface area contributed by atoms with Gasteiger partial charge in [-0.15, -0.1) is 0 Å². The molecule has 0 unspecified atom stereocenters. The van der Waals surface area contributed by atoms with Crippen LogP contribution < -0.4 is 10.1 Å². The van der Waals surface area contributed by atoms with Crippen LogP contribution in [0.15, 0.2) is 24.3 Å². The monoisotopic (exact) mass is 374 g/mol. The third-order valence-electron chi connectivity index (χ3n) is 4.49. The highest BCUT2D eigenvalue weighted by atomic mass is 32.1. The third kappa shape index (κ3) is 3.50. The van der Waals surface area contributed by atoms with Crippen molar-refractivity contribution < 1.29 is 14.3 Å². The Morgan fingerprint density at radius 2 is 1.65 bits per heavy atom. The number of carbonyl (C=O) groups is 2. The van der Waals surface area contributed by atoms with Gasteiger partial charge in [-0.25, -0.2) is 0 Å². The molecule has 1 fully saturated rings. The van der Waals surface area contributed by atoms with Crippen molar-refractivity contribution in [3.63, 3.8) is 0 Å². The average Bonchev–Trinajstić information content (AvgIpc) is 3.07. The molecule has 1 aromatic carbocycles. The van der Waals surface area contributed by atoms with Crippen molar-refractivity contribution >= 4 is 28.3 Å². The van der Waals surface area contributed by atoms with Crippen LogP contribution >= 0.6 is 11.5 Å². The Hall–Kier alpha value is -2.61. The molecule has 26 heavy (non-hydrogen) atoms. The number of ether oxygens (including phenoxy) is 1. The fourth-order valence-corrected chi connectivity index (χ4v) is 3.72. The van der Waals surface area contributed by atoms with E-state index < -0.39 is 0 Å². The summed E-state index contributed by atoms with van der Waals surface area (Å²) in [6, 6.07) is 7.08. The Balaban J connectivity index is 1.64. The molecular weight excluding hydrogens is 352 g/mol. The predicted octanol–water partition coefficient (Wildman–Crippen LogP) is 2.10. The zero-order chi connectivity index (χ0) is 18.7. The van der Waals surface area contributed by atoms with Crippen LogP contribution in [0, 0.1) is 6.92 Å². The molecule has 8 heteroatoms. The molecule has 0 atom stereocenters. The Kier molecular flexibility index (Phi) is 5.41. The van der Waals surface area contributed by atoms with Gasteiger partial charge in [-0.3, -0.25) is 9.59 Å². The van der Waals surface area contributed by atoms with E-state index in [4.69, 9.17) is 4.74 Å². The molecule has 0 spiro atoms. The van der Waals surface area contributed by atoms with Gasteiger partial charge < -0.3 is 19.9 Å². The number of anilines is 1. The fourth-order valence-electron chi connectivity index (χ4n) is 2.98. The number of nitrogens with zero attached hydrogens (tertiary/aromatic N) is 3. The summed E-state index contributed by atoms with van der Waals surface area (Å²) in [7, 11) is 3.38. The minimum Gasteiger partial charge on any atom is -0.497 e. The molecule has 2 aromatic rings. The zero-order valence-electron chi connectivity index (χ0n) is 15.1. The molecule has 0 aliphatic carbocycles. The van der Waals surface area contributed by atoms with E-state index in [9.17, 15) is 9.59 Å². The summed E-state index contributed by atoms with van der Waals surface area (Å²) in [5.41, 5.74) is 1.99. The van der Waals surface area contributed by atoms with E-state index in [0.717, 1.165) is 16.4 Å². The molecule has 0 saturated carbocycles. The Morgan fingerprint density at radius 1 is 1.08 bits per heavy atom. The number of methoxy groups -OCH3 is 1. The number of hydrogen-bond donors (Lipinski definition) is 1. The Morgan fingerprint density at radius 3 is 2.19 bits per heavy atom. The molecule has 1 aliphatic heterocycles. The molecule has 0 radical (unpaired) electrons. The first-order chi connectivity index (χ1) is 12.5. The lowest BCUT2D eigenvalue weighted by atomic mass is 10.1. The lowest BCUT2D eigenvalue weighted by Crippen LogP contribution is -2.50. The molecule has 2 heterocycles. The maximum atomic E-state index is 12.8. The number of aromatic nitrogens is 1. The lowest BCUT2D eigenvalue weighted by molar-refractivity contribution is 0.0535. The van der Waals surface area contributed by atoms with Crippen molar-refractivity contribution in [3.05, 3.63) is 41.1 Å². The predicted molar refractivity (Wildman–Crippen MR) is 101 cm³/mol. The first-order valence-corrected chi connectivity index (χ1v) is 9.19. The highest BCUT2D eigenvalue weighted by molar-refractivity contribution is 7.10. The minimum atomic E-state index is -0.0304. The second-order valence-electron chi connectivity index (χ2n) is 6.04. The number of amides is 2. The minimum absolute atomic E-state index is 0.0240. The molecule has 1 saturated heterocycles. The Labute approximate surface area is 156 Å². The zero-order valence-corrected chi connectivity index (χ0v) is 15.9. The summed E-state index contributed by atoms with van der Waals surface area (Å²) in [6.07, 6.45) is 0. The van der Waals surface area contributed by atoms with Crippen LogP contribution in [0.3, 0.4) is 0 Å². The number of nitrogens with one attached hydrogen (secondary N) is 1. The molecule has 1 aromatic heterocycles. The summed E-state index contributed by atoms with van der Waals surface area (Å²) in [5, 5.41) is 3.81. The summed E-state index contributed by atoms with van der Waals surface area (Å²) < 4.78 is 9.38. The van der Waals surface area contributed by atoms with Gasteiger partial charge in [0.05, 0.1) is 18.4 Å². The first-order valence-electron chi connectivity index (χ1n) is 8.41. The first kappa shape index (κ1) is 18.2. The molecule has 138 valence electrons. The number of aryl methyl sites for hydroxylation is 1. The highest BCUT2D eigenvalue weighted by Gasteiger charge is 2.28. The fraction of sp³-hybridized carbons (Fsp3) is 0.389. The highest BCUT2D eigenvalue weighted by Crippen LogP contribution is 2.26. The van der Waals surface area contributed by atoms with Crippen LogP contribution in [0.4, 0.5) is 5.00 Å². The van der Waals surface area contributed by atoms with Crippen molar-refractivity contribution in [1.29, 1.82) is 0 Å². The van der Waals surface area contributed by atoms with E-state index in [2.05, 4.69) is 9.69 Å². The van der Waals surface area contributed by atoms with Crippen LogP contribution in [0.2, 0.25) is 0 Å².